The molecule has 0 saturated carbocycles. The second-order valence-corrected chi connectivity index (χ2v) is 8.34. The lowest BCUT2D eigenvalue weighted by atomic mass is 10.1. The molecule has 0 bridgehead atoms. The van der Waals surface area contributed by atoms with Crippen LogP contribution in [0.4, 0.5) is 17.1 Å². The van der Waals surface area contributed by atoms with E-state index in [9.17, 15) is 0 Å². The van der Waals surface area contributed by atoms with E-state index in [1.807, 2.05) is 12.1 Å². The van der Waals surface area contributed by atoms with Gasteiger partial charge in [-0.25, -0.2) is 0 Å². The Bertz CT molecular complexity index is 1290. The van der Waals surface area contributed by atoms with Gasteiger partial charge in [-0.15, -0.1) is 0 Å². The summed E-state index contributed by atoms with van der Waals surface area (Å²) < 4.78 is 0. The Labute approximate surface area is 208 Å². The largest absolute Gasteiger partial charge is 0.311 e. The molecule has 0 aliphatic heterocycles. The Morgan fingerprint density at radius 2 is 0.571 bits per heavy atom. The molecule has 1 heteroatoms. The summed E-state index contributed by atoms with van der Waals surface area (Å²) in [4.78, 5) is 2.29. The Kier molecular flexibility index (Phi) is 6.97. The van der Waals surface area contributed by atoms with Gasteiger partial charge in [-0.05, 0) is 58.7 Å². The highest BCUT2D eigenvalue weighted by atomic mass is 15.1. The van der Waals surface area contributed by atoms with Gasteiger partial charge in [0.15, 0.2) is 0 Å². The monoisotopic (exact) mass is 449 g/mol. The van der Waals surface area contributed by atoms with Crippen LogP contribution < -0.4 is 4.90 Å². The number of rotatable bonds is 7. The number of anilines is 3. The molecule has 0 spiro atoms. The summed E-state index contributed by atoms with van der Waals surface area (Å²) in [6.07, 6.45) is 8.59. The molecule has 0 aromatic heterocycles. The molecule has 168 valence electrons. The fourth-order valence-electron chi connectivity index (χ4n) is 4.01. The second kappa shape index (κ2) is 11.0. The molecule has 0 unspecified atom stereocenters. The van der Waals surface area contributed by atoms with Gasteiger partial charge >= 0.3 is 0 Å². The SMILES string of the molecule is C(=C\c1ccc(N(c2ccccc2)c2ccc(/C=C/c3ccccc3)cc2)cc1)/c1ccccc1. The summed E-state index contributed by atoms with van der Waals surface area (Å²) in [7, 11) is 0. The molecular weight excluding hydrogens is 422 g/mol. The molecule has 0 fully saturated rings. The van der Waals surface area contributed by atoms with Crippen molar-refractivity contribution in [3.05, 3.63) is 162 Å². The van der Waals surface area contributed by atoms with Crippen LogP contribution in [0.5, 0.6) is 0 Å². The van der Waals surface area contributed by atoms with Crippen LogP contribution in [0.25, 0.3) is 24.3 Å². The summed E-state index contributed by atoms with van der Waals surface area (Å²) in [6, 6.07) is 48.7. The Hall–Kier alpha value is -4.62. The van der Waals surface area contributed by atoms with Crippen LogP contribution in [0.3, 0.4) is 0 Å². The van der Waals surface area contributed by atoms with Gasteiger partial charge in [0.25, 0.3) is 0 Å². The van der Waals surface area contributed by atoms with Crippen molar-refractivity contribution in [1.82, 2.24) is 0 Å². The minimum Gasteiger partial charge on any atom is -0.311 e. The Morgan fingerprint density at radius 1 is 0.286 bits per heavy atom. The van der Waals surface area contributed by atoms with Crippen molar-refractivity contribution in [3.63, 3.8) is 0 Å². The van der Waals surface area contributed by atoms with Gasteiger partial charge < -0.3 is 4.90 Å². The molecule has 0 atom stereocenters. The molecule has 5 aromatic rings. The van der Waals surface area contributed by atoms with Crippen LogP contribution >= 0.6 is 0 Å². The molecule has 0 saturated heterocycles. The van der Waals surface area contributed by atoms with Crippen molar-refractivity contribution < 1.29 is 0 Å². The zero-order chi connectivity index (χ0) is 23.7. The number of para-hydroxylation sites is 1. The second-order valence-electron chi connectivity index (χ2n) is 8.34. The van der Waals surface area contributed by atoms with E-state index >= 15 is 0 Å². The third kappa shape index (κ3) is 5.85. The third-order valence-electron chi connectivity index (χ3n) is 5.85. The molecule has 5 aromatic carbocycles. The number of benzene rings is 5. The maximum atomic E-state index is 2.29. The van der Waals surface area contributed by atoms with Crippen LogP contribution in [0.15, 0.2) is 140 Å². The predicted molar refractivity (Wildman–Crippen MR) is 152 cm³/mol. The van der Waals surface area contributed by atoms with Crippen molar-refractivity contribution in [2.24, 2.45) is 0 Å². The lowest BCUT2D eigenvalue weighted by Gasteiger charge is -2.25. The van der Waals surface area contributed by atoms with Gasteiger partial charge in [0, 0.05) is 17.1 Å². The van der Waals surface area contributed by atoms with Crippen LogP contribution in [-0.4, -0.2) is 0 Å². The summed E-state index contributed by atoms with van der Waals surface area (Å²) in [5.41, 5.74) is 8.13. The first-order chi connectivity index (χ1) is 17.3. The van der Waals surface area contributed by atoms with Crippen LogP contribution in [-0.2, 0) is 0 Å². The smallest absolute Gasteiger partial charge is 0.0462 e. The number of hydrogen-bond acceptors (Lipinski definition) is 1. The molecule has 5 rings (SSSR count). The molecule has 35 heavy (non-hydrogen) atoms. The summed E-state index contributed by atoms with van der Waals surface area (Å²) in [5.74, 6) is 0. The van der Waals surface area contributed by atoms with Gasteiger partial charge in [0.05, 0.1) is 0 Å². The first-order valence-electron chi connectivity index (χ1n) is 11.9. The fraction of sp³-hybridized carbons (Fsp3) is 0. The van der Waals surface area contributed by atoms with Crippen molar-refractivity contribution >= 4 is 41.4 Å². The normalized spacial score (nSPS) is 11.2. The van der Waals surface area contributed by atoms with E-state index in [2.05, 4.69) is 157 Å². The van der Waals surface area contributed by atoms with E-state index in [1.54, 1.807) is 0 Å². The van der Waals surface area contributed by atoms with Gasteiger partial charge in [-0.3, -0.25) is 0 Å². The number of nitrogens with zero attached hydrogens (tertiary/aromatic N) is 1. The van der Waals surface area contributed by atoms with Gasteiger partial charge in [0.2, 0.25) is 0 Å². The fourth-order valence-corrected chi connectivity index (χ4v) is 4.01. The molecular formula is C34H27N. The van der Waals surface area contributed by atoms with Gasteiger partial charge in [-0.1, -0.05) is 127 Å². The highest BCUT2D eigenvalue weighted by molar-refractivity contribution is 5.79. The van der Waals surface area contributed by atoms with Crippen molar-refractivity contribution in [2.75, 3.05) is 4.90 Å². The molecule has 0 N–H and O–H groups in total. The van der Waals surface area contributed by atoms with E-state index in [-0.39, 0.29) is 0 Å². The highest BCUT2D eigenvalue weighted by Crippen LogP contribution is 2.34. The van der Waals surface area contributed by atoms with Gasteiger partial charge in [-0.2, -0.15) is 0 Å². The maximum Gasteiger partial charge on any atom is 0.0462 e. The first kappa shape index (κ1) is 22.2. The molecule has 1 nitrogen and oxygen atoms in total. The van der Waals surface area contributed by atoms with Crippen molar-refractivity contribution in [3.8, 4) is 0 Å². The predicted octanol–water partition coefficient (Wildman–Crippen LogP) is 9.50. The zero-order valence-electron chi connectivity index (χ0n) is 19.5. The van der Waals surface area contributed by atoms with E-state index < -0.39 is 0 Å². The van der Waals surface area contributed by atoms with Crippen molar-refractivity contribution in [1.29, 1.82) is 0 Å². The van der Waals surface area contributed by atoms with Crippen LogP contribution in [0.1, 0.15) is 22.3 Å². The molecule has 0 heterocycles. The molecule has 0 aliphatic rings. The summed E-state index contributed by atoms with van der Waals surface area (Å²) in [6.45, 7) is 0. The summed E-state index contributed by atoms with van der Waals surface area (Å²) >= 11 is 0. The van der Waals surface area contributed by atoms with Crippen molar-refractivity contribution in [2.45, 2.75) is 0 Å². The van der Waals surface area contributed by atoms with E-state index in [0.717, 1.165) is 17.1 Å². The Morgan fingerprint density at radius 3 is 0.943 bits per heavy atom. The van der Waals surface area contributed by atoms with E-state index in [4.69, 9.17) is 0 Å². The minimum absolute atomic E-state index is 1.13. The number of hydrogen-bond donors (Lipinski definition) is 0. The third-order valence-corrected chi connectivity index (χ3v) is 5.85. The zero-order valence-corrected chi connectivity index (χ0v) is 19.5. The minimum atomic E-state index is 1.13. The average molecular weight is 450 g/mol. The molecule has 0 aliphatic carbocycles. The lowest BCUT2D eigenvalue weighted by molar-refractivity contribution is 1.28. The molecule has 0 amide bonds. The first-order valence-corrected chi connectivity index (χ1v) is 11.9. The van der Waals surface area contributed by atoms with Gasteiger partial charge in [0.1, 0.15) is 0 Å². The van der Waals surface area contributed by atoms with Crippen LogP contribution in [0, 0.1) is 0 Å². The topological polar surface area (TPSA) is 3.24 Å². The summed E-state index contributed by atoms with van der Waals surface area (Å²) in [5, 5.41) is 0. The highest BCUT2D eigenvalue weighted by Gasteiger charge is 2.11. The standard InChI is InChI=1S/C34H27N/c1-4-10-28(11-5-1)16-18-30-20-24-33(25-21-30)35(32-14-8-3-9-15-32)34-26-22-31(23-27-34)19-17-29-12-6-2-7-13-29/h1-27H/b18-16+,19-17+. The molecule has 0 radical (unpaired) electrons. The van der Waals surface area contributed by atoms with E-state index in [0.29, 0.717) is 0 Å². The van der Waals surface area contributed by atoms with Crippen LogP contribution in [0.2, 0.25) is 0 Å². The maximum absolute atomic E-state index is 2.29. The lowest BCUT2D eigenvalue weighted by Crippen LogP contribution is -2.09. The van der Waals surface area contributed by atoms with E-state index in [1.165, 1.54) is 22.3 Å². The average Bonchev–Trinajstić information content (AvgIpc) is 2.94. The Balaban J connectivity index is 1.40. The quantitative estimate of drug-likeness (QED) is 0.224.